The van der Waals surface area contributed by atoms with Gasteiger partial charge in [0.25, 0.3) is 0 Å². The van der Waals surface area contributed by atoms with Crippen molar-refractivity contribution in [2.24, 2.45) is 0 Å². The fourth-order valence-electron chi connectivity index (χ4n) is 1.77. The molecule has 2 atom stereocenters. The molecule has 1 aromatic carbocycles. The van der Waals surface area contributed by atoms with Crippen molar-refractivity contribution >= 4 is 11.8 Å². The van der Waals surface area contributed by atoms with Gasteiger partial charge in [0.05, 0.1) is 0 Å². The normalized spacial score (nSPS) is 14.4. The van der Waals surface area contributed by atoms with E-state index in [-0.39, 0.29) is 11.8 Å². The van der Waals surface area contributed by atoms with E-state index in [1.165, 1.54) is 0 Å². The molecule has 19 heavy (non-hydrogen) atoms. The van der Waals surface area contributed by atoms with Crippen LogP contribution >= 0.6 is 11.8 Å². The maximum absolute atomic E-state index is 12.3. The number of hydrogen-bond acceptors (Lipinski definition) is 3. The van der Waals surface area contributed by atoms with Crippen LogP contribution in [0, 0.1) is 0 Å². The third-order valence-corrected chi connectivity index (χ3v) is 4.05. The monoisotopic (exact) mass is 289 g/mol. The van der Waals surface area contributed by atoms with Crippen LogP contribution in [0.2, 0.25) is 0 Å². The van der Waals surface area contributed by atoms with Gasteiger partial charge in [-0.3, -0.25) is 0 Å². The Labute approximate surface area is 117 Å². The van der Waals surface area contributed by atoms with Gasteiger partial charge in [-0.1, -0.05) is 25.1 Å². The van der Waals surface area contributed by atoms with Crippen molar-refractivity contribution in [1.82, 2.24) is 5.32 Å². The Balaban J connectivity index is 2.58. The van der Waals surface area contributed by atoms with Gasteiger partial charge < -0.3 is 10.1 Å². The molecule has 0 heterocycles. The van der Waals surface area contributed by atoms with Crippen molar-refractivity contribution in [1.29, 1.82) is 0 Å². The minimum atomic E-state index is -2.79. The summed E-state index contributed by atoms with van der Waals surface area (Å²) in [5, 5.41) is 3.93. The van der Waals surface area contributed by atoms with Crippen LogP contribution in [0.4, 0.5) is 8.78 Å². The van der Waals surface area contributed by atoms with Crippen LogP contribution in [0.15, 0.2) is 24.3 Å². The average Bonchev–Trinajstić information content (AvgIpc) is 2.38. The van der Waals surface area contributed by atoms with Gasteiger partial charge in [-0.2, -0.15) is 20.5 Å². The molecular weight excluding hydrogens is 268 g/mol. The lowest BCUT2D eigenvalue weighted by Crippen LogP contribution is -2.22. The highest BCUT2D eigenvalue weighted by Crippen LogP contribution is 2.26. The summed E-state index contributed by atoms with van der Waals surface area (Å²) in [6, 6.07) is 6.90. The van der Waals surface area contributed by atoms with Crippen molar-refractivity contribution < 1.29 is 13.5 Å². The summed E-state index contributed by atoms with van der Waals surface area (Å²) in [6.07, 6.45) is 3.13. The van der Waals surface area contributed by atoms with Crippen molar-refractivity contribution in [2.75, 3.05) is 12.8 Å². The van der Waals surface area contributed by atoms with Crippen LogP contribution in [0.25, 0.3) is 0 Å². The first-order valence-corrected chi connectivity index (χ1v) is 7.63. The van der Waals surface area contributed by atoms with Crippen molar-refractivity contribution in [3.05, 3.63) is 29.8 Å². The van der Waals surface area contributed by atoms with E-state index >= 15 is 0 Å². The Morgan fingerprint density at radius 3 is 2.58 bits per heavy atom. The lowest BCUT2D eigenvalue weighted by molar-refractivity contribution is -0.0506. The standard InChI is InChI=1S/C14H21F2NOS/c1-10(19-3)8-9-17-11(2)12-6-4-5-7-13(12)18-14(15)16/h4-7,10-11,14,17H,8-9H2,1-3H3. The van der Waals surface area contributed by atoms with E-state index in [0.717, 1.165) is 18.5 Å². The fraction of sp³-hybridized carbons (Fsp3) is 0.571. The van der Waals surface area contributed by atoms with Gasteiger partial charge in [0, 0.05) is 16.9 Å². The Morgan fingerprint density at radius 1 is 1.26 bits per heavy atom. The minimum absolute atomic E-state index is 0.0102. The molecule has 108 valence electrons. The van der Waals surface area contributed by atoms with Crippen LogP contribution in [-0.2, 0) is 0 Å². The van der Waals surface area contributed by atoms with E-state index in [0.29, 0.717) is 5.25 Å². The molecule has 0 radical (unpaired) electrons. The predicted octanol–water partition coefficient (Wildman–Crippen LogP) is 4.08. The number of rotatable bonds is 8. The molecule has 0 saturated carbocycles. The van der Waals surface area contributed by atoms with Crippen LogP contribution in [-0.4, -0.2) is 24.7 Å². The molecule has 0 aliphatic rings. The zero-order chi connectivity index (χ0) is 14.3. The summed E-state index contributed by atoms with van der Waals surface area (Å²) in [7, 11) is 0. The van der Waals surface area contributed by atoms with Gasteiger partial charge in [0.15, 0.2) is 0 Å². The number of ether oxygens (including phenoxy) is 1. The highest BCUT2D eigenvalue weighted by Gasteiger charge is 2.14. The fourth-order valence-corrected chi connectivity index (χ4v) is 2.13. The number of benzene rings is 1. The number of para-hydroxylation sites is 1. The smallest absolute Gasteiger partial charge is 0.387 e. The number of alkyl halides is 2. The molecule has 5 heteroatoms. The molecule has 1 N–H and O–H groups in total. The van der Waals surface area contributed by atoms with E-state index < -0.39 is 6.61 Å². The molecule has 2 nitrogen and oxygen atoms in total. The summed E-state index contributed by atoms with van der Waals surface area (Å²) in [5.74, 6) is 0.246. The number of hydrogen-bond donors (Lipinski definition) is 1. The van der Waals surface area contributed by atoms with E-state index in [1.54, 1.807) is 12.1 Å². The Hall–Kier alpha value is -0.810. The molecule has 0 saturated heterocycles. The topological polar surface area (TPSA) is 21.3 Å². The molecule has 0 bridgehead atoms. The van der Waals surface area contributed by atoms with Crippen molar-refractivity contribution in [2.45, 2.75) is 38.2 Å². The van der Waals surface area contributed by atoms with E-state index in [9.17, 15) is 8.78 Å². The van der Waals surface area contributed by atoms with Gasteiger partial charge in [0.1, 0.15) is 5.75 Å². The third kappa shape index (κ3) is 5.78. The highest BCUT2D eigenvalue weighted by atomic mass is 32.2. The molecule has 1 aromatic rings. The van der Waals surface area contributed by atoms with Crippen LogP contribution in [0.5, 0.6) is 5.75 Å². The Bertz CT molecular complexity index is 376. The predicted molar refractivity (Wildman–Crippen MR) is 77.1 cm³/mol. The maximum atomic E-state index is 12.3. The SMILES string of the molecule is CSC(C)CCNC(C)c1ccccc1OC(F)F. The highest BCUT2D eigenvalue weighted by molar-refractivity contribution is 7.99. The second-order valence-corrected chi connectivity index (χ2v) is 5.70. The van der Waals surface area contributed by atoms with Gasteiger partial charge >= 0.3 is 6.61 Å². The molecule has 0 aliphatic heterocycles. The third-order valence-electron chi connectivity index (χ3n) is 3.01. The molecule has 2 unspecified atom stereocenters. The molecule has 0 spiro atoms. The Kier molecular flexibility index (Phi) is 7.16. The first-order valence-electron chi connectivity index (χ1n) is 6.34. The van der Waals surface area contributed by atoms with Crippen LogP contribution in [0.1, 0.15) is 31.9 Å². The molecule has 1 rings (SSSR count). The molecular formula is C14H21F2NOS. The largest absolute Gasteiger partial charge is 0.434 e. The molecule has 0 fully saturated rings. The first kappa shape index (κ1) is 16.2. The quantitative estimate of drug-likeness (QED) is 0.779. The summed E-state index contributed by atoms with van der Waals surface area (Å²) in [4.78, 5) is 0. The van der Waals surface area contributed by atoms with Gasteiger partial charge in [-0.15, -0.1) is 0 Å². The van der Waals surface area contributed by atoms with E-state index in [1.807, 2.05) is 30.8 Å². The second-order valence-electron chi connectivity index (χ2n) is 4.43. The number of thioether (sulfide) groups is 1. The van der Waals surface area contributed by atoms with Crippen molar-refractivity contribution in [3.8, 4) is 5.75 Å². The summed E-state index contributed by atoms with van der Waals surface area (Å²) in [6.45, 7) is 2.19. The molecule has 0 aromatic heterocycles. The van der Waals surface area contributed by atoms with Crippen LogP contribution in [0.3, 0.4) is 0 Å². The zero-order valence-electron chi connectivity index (χ0n) is 11.5. The van der Waals surface area contributed by atoms with E-state index in [4.69, 9.17) is 0 Å². The maximum Gasteiger partial charge on any atom is 0.387 e. The van der Waals surface area contributed by atoms with Gasteiger partial charge in [-0.05, 0) is 32.2 Å². The van der Waals surface area contributed by atoms with Crippen molar-refractivity contribution in [3.63, 3.8) is 0 Å². The van der Waals surface area contributed by atoms with E-state index in [2.05, 4.69) is 23.2 Å². The van der Waals surface area contributed by atoms with Gasteiger partial charge in [0.2, 0.25) is 0 Å². The lowest BCUT2D eigenvalue weighted by atomic mass is 10.1. The summed E-state index contributed by atoms with van der Waals surface area (Å²) in [5.41, 5.74) is 0.764. The van der Waals surface area contributed by atoms with Crippen LogP contribution < -0.4 is 10.1 Å². The second kappa shape index (κ2) is 8.38. The summed E-state index contributed by atoms with van der Waals surface area (Å²) >= 11 is 1.82. The number of halogens is 2. The molecule has 0 aliphatic carbocycles. The minimum Gasteiger partial charge on any atom is -0.434 e. The Morgan fingerprint density at radius 2 is 1.95 bits per heavy atom. The first-order chi connectivity index (χ1) is 9.04. The molecule has 0 amide bonds. The van der Waals surface area contributed by atoms with Gasteiger partial charge in [-0.25, -0.2) is 0 Å². The zero-order valence-corrected chi connectivity index (χ0v) is 12.3. The summed E-state index contributed by atoms with van der Waals surface area (Å²) < 4.78 is 29.2. The lowest BCUT2D eigenvalue weighted by Gasteiger charge is -2.19. The number of nitrogens with one attached hydrogen (secondary N) is 1. The average molecular weight is 289 g/mol.